The minimum absolute atomic E-state index is 0.136. The second-order valence-corrected chi connectivity index (χ2v) is 6.52. The van der Waals surface area contributed by atoms with Crippen LogP contribution in [-0.4, -0.2) is 13.1 Å². The lowest BCUT2D eigenvalue weighted by Gasteiger charge is -2.37. The minimum atomic E-state index is -0.155. The molecule has 1 aromatic rings. The molecule has 1 saturated heterocycles. The Morgan fingerprint density at radius 2 is 1.80 bits per heavy atom. The molecule has 112 valence electrons. The number of hydrogen-bond donors (Lipinski definition) is 1. The molecule has 0 saturated carbocycles. The molecule has 2 N–H and O–H groups in total. The molecule has 0 aromatic heterocycles. The number of halogens is 1. The van der Waals surface area contributed by atoms with Crippen LogP contribution in [0, 0.1) is 24.6 Å². The van der Waals surface area contributed by atoms with Crippen molar-refractivity contribution in [2.75, 3.05) is 18.0 Å². The van der Waals surface area contributed by atoms with E-state index >= 15 is 0 Å². The smallest absolute Gasteiger partial charge is 0.126 e. The maximum atomic E-state index is 13.8. The molecule has 0 aliphatic carbocycles. The van der Waals surface area contributed by atoms with E-state index < -0.39 is 0 Å². The van der Waals surface area contributed by atoms with E-state index in [9.17, 15) is 4.39 Å². The molecule has 1 aliphatic rings. The van der Waals surface area contributed by atoms with E-state index in [0.29, 0.717) is 5.56 Å². The molecule has 3 heteroatoms. The molecule has 0 bridgehead atoms. The third-order valence-electron chi connectivity index (χ3n) is 4.62. The van der Waals surface area contributed by atoms with E-state index in [2.05, 4.69) is 18.7 Å². The summed E-state index contributed by atoms with van der Waals surface area (Å²) in [6.07, 6.45) is 2.43. The van der Waals surface area contributed by atoms with E-state index in [1.165, 1.54) is 12.8 Å². The average molecular weight is 278 g/mol. The van der Waals surface area contributed by atoms with E-state index in [-0.39, 0.29) is 11.9 Å². The number of nitrogens with zero attached hydrogens (tertiary/aromatic N) is 1. The predicted molar refractivity (Wildman–Crippen MR) is 83.5 cm³/mol. The maximum Gasteiger partial charge on any atom is 0.126 e. The predicted octanol–water partition coefficient (Wildman–Crippen LogP) is 4.03. The van der Waals surface area contributed by atoms with Gasteiger partial charge in [-0.25, -0.2) is 4.39 Å². The fourth-order valence-electron chi connectivity index (χ4n) is 3.13. The van der Waals surface area contributed by atoms with Crippen molar-refractivity contribution in [1.29, 1.82) is 0 Å². The first-order valence-electron chi connectivity index (χ1n) is 7.70. The molecule has 2 rings (SSSR count). The quantitative estimate of drug-likeness (QED) is 0.904. The zero-order valence-corrected chi connectivity index (χ0v) is 13.1. The van der Waals surface area contributed by atoms with Crippen LogP contribution in [0.2, 0.25) is 0 Å². The van der Waals surface area contributed by atoms with Crippen LogP contribution in [0.3, 0.4) is 0 Å². The highest BCUT2D eigenvalue weighted by Gasteiger charge is 2.24. The summed E-state index contributed by atoms with van der Waals surface area (Å²) in [5.74, 6) is 1.41. The van der Waals surface area contributed by atoms with Gasteiger partial charge >= 0.3 is 0 Å². The van der Waals surface area contributed by atoms with Crippen molar-refractivity contribution in [3.05, 3.63) is 29.1 Å². The van der Waals surface area contributed by atoms with E-state index in [4.69, 9.17) is 5.73 Å². The lowest BCUT2D eigenvalue weighted by Crippen LogP contribution is -2.36. The third-order valence-corrected chi connectivity index (χ3v) is 4.62. The summed E-state index contributed by atoms with van der Waals surface area (Å²) in [6, 6.07) is 3.44. The first-order valence-corrected chi connectivity index (χ1v) is 7.70. The van der Waals surface area contributed by atoms with Crippen LogP contribution in [0.1, 0.15) is 50.8 Å². The Bertz CT molecular complexity index is 460. The van der Waals surface area contributed by atoms with Gasteiger partial charge in [-0.1, -0.05) is 13.8 Å². The highest BCUT2D eigenvalue weighted by atomic mass is 19.1. The van der Waals surface area contributed by atoms with Crippen LogP contribution in [0.25, 0.3) is 0 Å². The number of aryl methyl sites for hydroxylation is 1. The Labute approximate surface area is 122 Å². The molecule has 0 amide bonds. The number of piperidine rings is 1. The maximum absolute atomic E-state index is 13.8. The Morgan fingerprint density at radius 1 is 1.20 bits per heavy atom. The van der Waals surface area contributed by atoms with E-state index in [0.717, 1.165) is 36.2 Å². The van der Waals surface area contributed by atoms with Gasteiger partial charge in [-0.3, -0.25) is 0 Å². The molecule has 1 heterocycles. The summed E-state index contributed by atoms with van der Waals surface area (Å²) < 4.78 is 13.8. The molecule has 2 nitrogen and oxygen atoms in total. The lowest BCUT2D eigenvalue weighted by molar-refractivity contribution is 0.311. The fraction of sp³-hybridized carbons (Fsp3) is 0.647. The van der Waals surface area contributed by atoms with Crippen LogP contribution in [0.5, 0.6) is 0 Å². The summed E-state index contributed by atoms with van der Waals surface area (Å²) in [6.45, 7) is 10.5. The normalized spacial score (nSPS) is 18.6. The molecule has 1 aliphatic heterocycles. The second-order valence-electron chi connectivity index (χ2n) is 6.52. The summed E-state index contributed by atoms with van der Waals surface area (Å²) in [7, 11) is 0. The van der Waals surface area contributed by atoms with Gasteiger partial charge in [-0.05, 0) is 61.8 Å². The largest absolute Gasteiger partial charge is 0.371 e. The van der Waals surface area contributed by atoms with Crippen LogP contribution < -0.4 is 10.6 Å². The molecular weight excluding hydrogens is 251 g/mol. The van der Waals surface area contributed by atoms with Crippen molar-refractivity contribution in [3.63, 3.8) is 0 Å². The van der Waals surface area contributed by atoms with Gasteiger partial charge < -0.3 is 10.6 Å². The second kappa shape index (κ2) is 6.13. The lowest BCUT2D eigenvalue weighted by atomic mass is 9.86. The molecular formula is C17H27FN2. The van der Waals surface area contributed by atoms with Gasteiger partial charge in [0, 0.05) is 24.8 Å². The molecule has 1 atom stereocenters. The topological polar surface area (TPSA) is 29.3 Å². The summed E-state index contributed by atoms with van der Waals surface area (Å²) in [4.78, 5) is 2.38. The number of hydrogen-bond acceptors (Lipinski definition) is 2. The van der Waals surface area contributed by atoms with Crippen molar-refractivity contribution in [3.8, 4) is 0 Å². The van der Waals surface area contributed by atoms with Crippen molar-refractivity contribution >= 4 is 5.69 Å². The SMILES string of the molecule is Cc1cc(N2CCC(C(C)C)CC2)c(C(C)N)cc1F. The number of nitrogens with two attached hydrogens (primary N) is 1. The standard InChI is InChI=1S/C17H27FN2/c1-11(2)14-5-7-20(8-6-14)17-9-12(3)16(18)10-15(17)13(4)19/h9-11,13-14H,5-8,19H2,1-4H3. The third kappa shape index (κ3) is 3.14. The summed E-state index contributed by atoms with van der Waals surface area (Å²) in [5, 5.41) is 0. The zero-order chi connectivity index (χ0) is 14.9. The first kappa shape index (κ1) is 15.3. The molecule has 0 radical (unpaired) electrons. The van der Waals surface area contributed by atoms with Gasteiger partial charge in [0.15, 0.2) is 0 Å². The van der Waals surface area contributed by atoms with Crippen LogP contribution in [0.15, 0.2) is 12.1 Å². The Balaban J connectivity index is 2.23. The Hall–Kier alpha value is -1.09. The minimum Gasteiger partial charge on any atom is -0.371 e. The van der Waals surface area contributed by atoms with Gasteiger partial charge in [0.05, 0.1) is 0 Å². The Kier molecular flexibility index (Phi) is 4.69. The van der Waals surface area contributed by atoms with Crippen LogP contribution in [0.4, 0.5) is 10.1 Å². The number of rotatable bonds is 3. The fourth-order valence-corrected chi connectivity index (χ4v) is 3.13. The van der Waals surface area contributed by atoms with E-state index in [1.54, 1.807) is 6.07 Å². The molecule has 1 unspecified atom stereocenters. The summed E-state index contributed by atoms with van der Waals surface area (Å²) >= 11 is 0. The van der Waals surface area contributed by atoms with Gasteiger partial charge in [0.25, 0.3) is 0 Å². The zero-order valence-electron chi connectivity index (χ0n) is 13.1. The van der Waals surface area contributed by atoms with E-state index in [1.807, 2.05) is 19.9 Å². The van der Waals surface area contributed by atoms with Gasteiger partial charge in [-0.15, -0.1) is 0 Å². The number of benzene rings is 1. The summed E-state index contributed by atoms with van der Waals surface area (Å²) in [5.41, 5.74) is 8.78. The van der Waals surface area contributed by atoms with Gasteiger partial charge in [-0.2, -0.15) is 0 Å². The van der Waals surface area contributed by atoms with Crippen molar-refractivity contribution in [2.24, 2.45) is 17.6 Å². The van der Waals surface area contributed by atoms with Gasteiger partial charge in [0.2, 0.25) is 0 Å². The molecule has 20 heavy (non-hydrogen) atoms. The van der Waals surface area contributed by atoms with Gasteiger partial charge in [0.1, 0.15) is 5.82 Å². The van der Waals surface area contributed by atoms with Crippen LogP contribution in [-0.2, 0) is 0 Å². The first-order chi connectivity index (χ1) is 9.40. The Morgan fingerprint density at radius 3 is 2.30 bits per heavy atom. The monoisotopic (exact) mass is 278 g/mol. The van der Waals surface area contributed by atoms with Crippen molar-refractivity contribution in [2.45, 2.75) is 46.6 Å². The van der Waals surface area contributed by atoms with Crippen molar-refractivity contribution in [1.82, 2.24) is 0 Å². The molecule has 1 aromatic carbocycles. The average Bonchev–Trinajstić information content (AvgIpc) is 2.41. The highest BCUT2D eigenvalue weighted by Crippen LogP contribution is 2.33. The van der Waals surface area contributed by atoms with Crippen molar-refractivity contribution < 1.29 is 4.39 Å². The highest BCUT2D eigenvalue weighted by molar-refractivity contribution is 5.57. The number of anilines is 1. The molecule has 0 spiro atoms. The van der Waals surface area contributed by atoms with Crippen LogP contribution >= 0.6 is 0 Å². The molecule has 1 fully saturated rings.